The largest absolute Gasteiger partial charge is 0.356 e. The molecule has 1 aromatic heterocycles. The minimum absolute atomic E-state index is 0.208. The molecule has 1 saturated carbocycles. The molecule has 1 saturated heterocycles. The molecule has 2 aromatic carbocycles. The number of rotatable bonds is 3. The van der Waals surface area contributed by atoms with Crippen molar-refractivity contribution in [3.8, 4) is 0 Å². The van der Waals surface area contributed by atoms with E-state index in [9.17, 15) is 9.59 Å². The van der Waals surface area contributed by atoms with E-state index < -0.39 is 5.92 Å². The highest BCUT2D eigenvalue weighted by atomic mass is 16.5. The summed E-state index contributed by atoms with van der Waals surface area (Å²) in [5.74, 6) is -0.195. The lowest BCUT2D eigenvalue weighted by Gasteiger charge is -2.36. The summed E-state index contributed by atoms with van der Waals surface area (Å²) in [5, 5.41) is 7.68. The van der Waals surface area contributed by atoms with Gasteiger partial charge in [-0.15, -0.1) is 0 Å². The standard InChI is InChI=1S/C28H31N3O3/c32-25-13-12-24(28(33)29-25)26-23-11-8-20-14-16-31(17-15-22(20)27(23)34-30-26)21-9-6-19(7-10-21)18-4-2-1-3-5-18/h1-5,8,11,19,21,24H,6-7,9-10,12-17H2,(H,29,32,33). The lowest BCUT2D eigenvalue weighted by atomic mass is 9.81. The van der Waals surface area contributed by atoms with Crippen LogP contribution in [0, 0.1) is 0 Å². The first kappa shape index (κ1) is 21.5. The number of hydrogen-bond donors (Lipinski definition) is 1. The monoisotopic (exact) mass is 457 g/mol. The van der Waals surface area contributed by atoms with Crippen LogP contribution in [0.5, 0.6) is 0 Å². The van der Waals surface area contributed by atoms with Gasteiger partial charge in [-0.05, 0) is 68.1 Å². The number of aromatic nitrogens is 1. The minimum atomic E-state index is -0.418. The summed E-state index contributed by atoms with van der Waals surface area (Å²) in [6.07, 6.45) is 7.83. The zero-order valence-electron chi connectivity index (χ0n) is 19.5. The van der Waals surface area contributed by atoms with Crippen molar-refractivity contribution in [3.63, 3.8) is 0 Å². The number of fused-ring (bicyclic) bond motifs is 3. The summed E-state index contributed by atoms with van der Waals surface area (Å²) in [6.45, 7) is 2.11. The van der Waals surface area contributed by atoms with E-state index in [-0.39, 0.29) is 11.8 Å². The topological polar surface area (TPSA) is 75.4 Å². The van der Waals surface area contributed by atoms with E-state index in [4.69, 9.17) is 4.52 Å². The van der Waals surface area contributed by atoms with Gasteiger partial charge in [-0.25, -0.2) is 0 Å². The van der Waals surface area contributed by atoms with Gasteiger partial charge in [0.25, 0.3) is 0 Å². The highest BCUT2D eigenvalue weighted by Crippen LogP contribution is 2.37. The van der Waals surface area contributed by atoms with Crippen molar-refractivity contribution in [1.82, 2.24) is 15.4 Å². The lowest BCUT2D eigenvalue weighted by molar-refractivity contribution is -0.134. The fourth-order valence-electron chi connectivity index (χ4n) is 6.33. The summed E-state index contributed by atoms with van der Waals surface area (Å²) >= 11 is 0. The van der Waals surface area contributed by atoms with E-state index in [1.807, 2.05) is 0 Å². The van der Waals surface area contributed by atoms with E-state index in [0.29, 0.717) is 30.5 Å². The van der Waals surface area contributed by atoms with E-state index in [1.165, 1.54) is 42.4 Å². The molecule has 0 spiro atoms. The van der Waals surface area contributed by atoms with Gasteiger partial charge in [0, 0.05) is 36.5 Å². The van der Waals surface area contributed by atoms with Gasteiger partial charge in [0.15, 0.2) is 5.58 Å². The highest BCUT2D eigenvalue weighted by molar-refractivity contribution is 6.02. The van der Waals surface area contributed by atoms with Crippen molar-refractivity contribution in [1.29, 1.82) is 0 Å². The minimum Gasteiger partial charge on any atom is -0.356 e. The Kier molecular flexibility index (Phi) is 5.69. The predicted molar refractivity (Wildman–Crippen MR) is 130 cm³/mol. The third-order valence-electron chi connectivity index (χ3n) is 8.24. The summed E-state index contributed by atoms with van der Waals surface area (Å²) in [6, 6.07) is 15.9. The predicted octanol–water partition coefficient (Wildman–Crippen LogP) is 4.48. The molecule has 1 atom stereocenters. The van der Waals surface area contributed by atoms with E-state index in [0.717, 1.165) is 36.9 Å². The molecule has 34 heavy (non-hydrogen) atoms. The molecular formula is C28H31N3O3. The van der Waals surface area contributed by atoms with Gasteiger partial charge < -0.3 is 4.52 Å². The molecule has 1 unspecified atom stereocenters. The quantitative estimate of drug-likeness (QED) is 0.587. The number of nitrogens with zero attached hydrogens (tertiary/aromatic N) is 2. The summed E-state index contributed by atoms with van der Waals surface area (Å²) < 4.78 is 5.84. The number of benzene rings is 2. The maximum Gasteiger partial charge on any atom is 0.235 e. The van der Waals surface area contributed by atoms with Crippen LogP contribution < -0.4 is 5.32 Å². The number of imide groups is 1. The molecule has 2 aliphatic heterocycles. The van der Waals surface area contributed by atoms with Gasteiger partial charge >= 0.3 is 0 Å². The number of hydrogen-bond acceptors (Lipinski definition) is 5. The maximum atomic E-state index is 12.4. The third kappa shape index (κ3) is 3.94. The van der Waals surface area contributed by atoms with Crippen LogP contribution in [0.25, 0.3) is 11.0 Å². The molecular weight excluding hydrogens is 426 g/mol. The average Bonchev–Trinajstić information content (AvgIpc) is 3.17. The van der Waals surface area contributed by atoms with E-state index >= 15 is 0 Å². The van der Waals surface area contributed by atoms with Crippen molar-refractivity contribution < 1.29 is 14.1 Å². The van der Waals surface area contributed by atoms with Crippen LogP contribution in [0.15, 0.2) is 47.0 Å². The average molecular weight is 458 g/mol. The summed E-state index contributed by atoms with van der Waals surface area (Å²) in [5.41, 5.74) is 5.56. The molecule has 2 fully saturated rings. The Balaban J connectivity index is 1.16. The number of carbonyl (C=O) groups is 2. The molecule has 6 rings (SSSR count). The third-order valence-corrected chi connectivity index (χ3v) is 8.24. The SMILES string of the molecule is O=C1CCC(c2noc3c4c(ccc23)CCN(C2CCC(c3ccccc3)CC2)CC4)C(=O)N1. The molecule has 3 aromatic rings. The Morgan fingerprint density at radius 3 is 2.47 bits per heavy atom. The van der Waals surface area contributed by atoms with Gasteiger partial charge in [0.2, 0.25) is 11.8 Å². The van der Waals surface area contributed by atoms with Crippen LogP contribution in [0.2, 0.25) is 0 Å². The van der Waals surface area contributed by atoms with Gasteiger partial charge in [-0.1, -0.05) is 41.6 Å². The lowest BCUT2D eigenvalue weighted by Crippen LogP contribution is -2.39. The molecule has 2 amide bonds. The van der Waals surface area contributed by atoms with Crippen molar-refractivity contribution in [2.24, 2.45) is 0 Å². The molecule has 0 bridgehead atoms. The van der Waals surface area contributed by atoms with Crippen molar-refractivity contribution in [2.45, 2.75) is 69.2 Å². The van der Waals surface area contributed by atoms with Crippen LogP contribution in [0.1, 0.15) is 72.7 Å². The molecule has 6 nitrogen and oxygen atoms in total. The Labute approximate surface area is 199 Å². The molecule has 176 valence electrons. The zero-order valence-corrected chi connectivity index (χ0v) is 19.5. The highest BCUT2D eigenvalue weighted by Gasteiger charge is 2.33. The first-order valence-electron chi connectivity index (χ1n) is 12.7. The second-order valence-corrected chi connectivity index (χ2v) is 10.1. The summed E-state index contributed by atoms with van der Waals surface area (Å²) in [4.78, 5) is 26.6. The van der Waals surface area contributed by atoms with Gasteiger partial charge in [-0.2, -0.15) is 0 Å². The number of carbonyl (C=O) groups excluding carboxylic acids is 2. The van der Waals surface area contributed by atoms with Crippen molar-refractivity contribution in [2.75, 3.05) is 13.1 Å². The van der Waals surface area contributed by atoms with E-state index in [2.05, 4.69) is 57.8 Å². The van der Waals surface area contributed by atoms with Crippen LogP contribution in [-0.2, 0) is 22.4 Å². The van der Waals surface area contributed by atoms with E-state index in [1.54, 1.807) is 0 Å². The second-order valence-electron chi connectivity index (χ2n) is 10.1. The fraction of sp³-hybridized carbons (Fsp3) is 0.464. The first-order valence-corrected chi connectivity index (χ1v) is 12.7. The van der Waals surface area contributed by atoms with Crippen LogP contribution in [0.3, 0.4) is 0 Å². The molecule has 6 heteroatoms. The van der Waals surface area contributed by atoms with Crippen molar-refractivity contribution >= 4 is 22.8 Å². The Morgan fingerprint density at radius 1 is 0.882 bits per heavy atom. The molecule has 3 aliphatic rings. The second kappa shape index (κ2) is 8.99. The maximum absolute atomic E-state index is 12.4. The zero-order chi connectivity index (χ0) is 23.1. The molecule has 3 heterocycles. The number of nitrogens with one attached hydrogen (secondary N) is 1. The normalized spacial score (nSPS) is 26.2. The Bertz CT molecular complexity index is 1210. The molecule has 1 aliphatic carbocycles. The Hall–Kier alpha value is -2.99. The fourth-order valence-corrected chi connectivity index (χ4v) is 6.33. The number of amides is 2. The Morgan fingerprint density at radius 2 is 1.68 bits per heavy atom. The van der Waals surface area contributed by atoms with Crippen LogP contribution >= 0.6 is 0 Å². The smallest absolute Gasteiger partial charge is 0.235 e. The molecule has 0 radical (unpaired) electrons. The van der Waals surface area contributed by atoms with Crippen molar-refractivity contribution in [3.05, 3.63) is 64.8 Å². The van der Waals surface area contributed by atoms with Gasteiger partial charge in [-0.3, -0.25) is 19.8 Å². The van der Waals surface area contributed by atoms with Crippen LogP contribution in [-0.4, -0.2) is 41.0 Å². The van der Waals surface area contributed by atoms with Crippen LogP contribution in [0.4, 0.5) is 0 Å². The molecule has 1 N–H and O–H groups in total. The first-order chi connectivity index (χ1) is 16.7. The number of piperidine rings is 1. The van der Waals surface area contributed by atoms with Gasteiger partial charge in [0.1, 0.15) is 5.69 Å². The van der Waals surface area contributed by atoms with Gasteiger partial charge in [0.05, 0.1) is 5.92 Å². The summed E-state index contributed by atoms with van der Waals surface area (Å²) in [7, 11) is 0.